The standard InChI is InChI=1S/C20H15F3N2O2/c21-13-5-3-12(4-6-13)17-18(24-9-1-2-10-24)20(27)25(19(17)26)14-7-8-15(22)16(23)11-14/h3-8,11H,1-2,9-10H2. The van der Waals surface area contributed by atoms with Crippen molar-refractivity contribution < 1.29 is 22.8 Å². The van der Waals surface area contributed by atoms with Gasteiger partial charge in [0.1, 0.15) is 11.5 Å². The first-order valence-corrected chi connectivity index (χ1v) is 8.56. The number of hydrogen-bond donors (Lipinski definition) is 0. The third-order valence-corrected chi connectivity index (χ3v) is 4.78. The highest BCUT2D eigenvalue weighted by atomic mass is 19.2. The normalized spacial score (nSPS) is 17.4. The lowest BCUT2D eigenvalue weighted by atomic mass is 10.0. The zero-order valence-corrected chi connectivity index (χ0v) is 14.2. The fourth-order valence-electron chi connectivity index (χ4n) is 3.49. The Morgan fingerprint density at radius 1 is 0.778 bits per heavy atom. The third kappa shape index (κ3) is 2.89. The van der Waals surface area contributed by atoms with E-state index in [9.17, 15) is 22.8 Å². The average Bonchev–Trinajstić information content (AvgIpc) is 3.25. The summed E-state index contributed by atoms with van der Waals surface area (Å²) in [6.07, 6.45) is 1.76. The quantitative estimate of drug-likeness (QED) is 0.775. The maximum Gasteiger partial charge on any atom is 0.282 e. The van der Waals surface area contributed by atoms with E-state index in [0.29, 0.717) is 18.7 Å². The molecule has 2 amide bonds. The molecule has 2 aliphatic heterocycles. The van der Waals surface area contributed by atoms with Gasteiger partial charge in [-0.15, -0.1) is 0 Å². The number of hydrogen-bond acceptors (Lipinski definition) is 3. The molecule has 2 aliphatic rings. The summed E-state index contributed by atoms with van der Waals surface area (Å²) in [6, 6.07) is 8.16. The van der Waals surface area contributed by atoms with Gasteiger partial charge in [0, 0.05) is 19.2 Å². The van der Waals surface area contributed by atoms with Crippen LogP contribution in [0.2, 0.25) is 0 Å². The smallest absolute Gasteiger partial charge is 0.282 e. The molecule has 0 aliphatic carbocycles. The van der Waals surface area contributed by atoms with Crippen LogP contribution >= 0.6 is 0 Å². The molecule has 0 bridgehead atoms. The van der Waals surface area contributed by atoms with Crippen molar-refractivity contribution in [3.05, 3.63) is 71.2 Å². The number of imide groups is 1. The molecule has 4 rings (SSSR count). The van der Waals surface area contributed by atoms with Crippen LogP contribution < -0.4 is 4.90 Å². The highest BCUT2D eigenvalue weighted by Gasteiger charge is 2.43. The summed E-state index contributed by atoms with van der Waals surface area (Å²) < 4.78 is 40.2. The highest BCUT2D eigenvalue weighted by molar-refractivity contribution is 6.45. The van der Waals surface area contributed by atoms with Crippen molar-refractivity contribution in [2.24, 2.45) is 0 Å². The van der Waals surface area contributed by atoms with Gasteiger partial charge < -0.3 is 4.90 Å². The van der Waals surface area contributed by atoms with E-state index in [4.69, 9.17) is 0 Å². The van der Waals surface area contributed by atoms with Crippen LogP contribution in [-0.2, 0) is 9.59 Å². The summed E-state index contributed by atoms with van der Waals surface area (Å²) in [5.41, 5.74) is 0.722. The van der Waals surface area contributed by atoms with Gasteiger partial charge in [0.25, 0.3) is 11.8 Å². The molecule has 1 fully saturated rings. The Morgan fingerprint density at radius 3 is 2.07 bits per heavy atom. The number of likely N-dealkylation sites (tertiary alicyclic amines) is 1. The summed E-state index contributed by atoms with van der Waals surface area (Å²) in [5.74, 6) is -3.90. The van der Waals surface area contributed by atoms with Crippen LogP contribution in [0.3, 0.4) is 0 Å². The largest absolute Gasteiger partial charge is 0.366 e. The minimum atomic E-state index is -1.15. The van der Waals surface area contributed by atoms with Crippen molar-refractivity contribution in [3.8, 4) is 0 Å². The van der Waals surface area contributed by atoms with E-state index in [-0.39, 0.29) is 17.0 Å². The SMILES string of the molecule is O=C1C(c2ccc(F)cc2)=C(N2CCCC2)C(=O)N1c1ccc(F)c(F)c1. The fraction of sp³-hybridized carbons (Fsp3) is 0.200. The number of carbonyl (C=O) groups excluding carboxylic acids is 2. The van der Waals surface area contributed by atoms with Crippen LogP contribution in [0, 0.1) is 17.5 Å². The maximum absolute atomic E-state index is 13.7. The average molecular weight is 372 g/mol. The number of carbonyl (C=O) groups is 2. The molecule has 0 radical (unpaired) electrons. The van der Waals surface area contributed by atoms with E-state index in [0.717, 1.165) is 29.9 Å². The predicted octanol–water partition coefficient (Wildman–Crippen LogP) is 3.48. The number of benzene rings is 2. The monoisotopic (exact) mass is 372 g/mol. The molecule has 138 valence electrons. The van der Waals surface area contributed by atoms with Gasteiger partial charge in [0.2, 0.25) is 0 Å². The number of amides is 2. The summed E-state index contributed by atoms with van der Waals surface area (Å²) in [4.78, 5) is 28.8. The van der Waals surface area contributed by atoms with Crippen molar-refractivity contribution in [1.29, 1.82) is 0 Å². The Balaban J connectivity index is 1.83. The molecule has 2 heterocycles. The van der Waals surface area contributed by atoms with E-state index in [1.54, 1.807) is 0 Å². The summed E-state index contributed by atoms with van der Waals surface area (Å²) in [6.45, 7) is 1.23. The van der Waals surface area contributed by atoms with Crippen molar-refractivity contribution in [2.75, 3.05) is 18.0 Å². The molecule has 0 aromatic heterocycles. The van der Waals surface area contributed by atoms with E-state index >= 15 is 0 Å². The molecule has 0 saturated carbocycles. The Labute approximate surface area is 153 Å². The lowest BCUT2D eigenvalue weighted by Crippen LogP contribution is -2.34. The van der Waals surface area contributed by atoms with Crippen molar-refractivity contribution in [3.63, 3.8) is 0 Å². The summed E-state index contributed by atoms with van der Waals surface area (Å²) in [7, 11) is 0. The Morgan fingerprint density at radius 2 is 1.44 bits per heavy atom. The second-order valence-corrected chi connectivity index (χ2v) is 6.47. The van der Waals surface area contributed by atoms with Crippen LogP contribution in [0.25, 0.3) is 5.57 Å². The van der Waals surface area contributed by atoms with Gasteiger partial charge >= 0.3 is 0 Å². The number of rotatable bonds is 3. The molecule has 7 heteroatoms. The molecule has 2 aromatic carbocycles. The summed E-state index contributed by atoms with van der Waals surface area (Å²) >= 11 is 0. The van der Waals surface area contributed by atoms with Gasteiger partial charge in [-0.25, -0.2) is 18.1 Å². The van der Waals surface area contributed by atoms with Crippen LogP contribution in [0.5, 0.6) is 0 Å². The molecule has 0 atom stereocenters. The van der Waals surface area contributed by atoms with E-state index in [2.05, 4.69) is 0 Å². The fourth-order valence-corrected chi connectivity index (χ4v) is 3.49. The summed E-state index contributed by atoms with van der Waals surface area (Å²) in [5, 5.41) is 0. The van der Waals surface area contributed by atoms with Gasteiger partial charge in [-0.05, 0) is 42.7 Å². The molecule has 1 saturated heterocycles. The minimum absolute atomic E-state index is 0.0438. The predicted molar refractivity (Wildman–Crippen MR) is 93.0 cm³/mol. The van der Waals surface area contributed by atoms with Crippen molar-refractivity contribution in [2.45, 2.75) is 12.8 Å². The zero-order valence-electron chi connectivity index (χ0n) is 14.2. The maximum atomic E-state index is 13.7. The number of nitrogens with zero attached hydrogens (tertiary/aromatic N) is 2. The number of anilines is 1. The topological polar surface area (TPSA) is 40.6 Å². The van der Waals surface area contributed by atoms with Crippen LogP contribution in [-0.4, -0.2) is 29.8 Å². The second-order valence-electron chi connectivity index (χ2n) is 6.47. The molecular formula is C20H15F3N2O2. The number of halogens is 3. The van der Waals surface area contributed by atoms with Crippen molar-refractivity contribution >= 4 is 23.1 Å². The second kappa shape index (κ2) is 6.57. The van der Waals surface area contributed by atoms with Crippen LogP contribution in [0.4, 0.5) is 18.9 Å². The van der Waals surface area contributed by atoms with Crippen LogP contribution in [0.1, 0.15) is 18.4 Å². The highest BCUT2D eigenvalue weighted by Crippen LogP contribution is 2.36. The molecule has 27 heavy (non-hydrogen) atoms. The van der Waals surface area contributed by atoms with Crippen molar-refractivity contribution in [1.82, 2.24) is 4.90 Å². The third-order valence-electron chi connectivity index (χ3n) is 4.78. The molecule has 0 N–H and O–H groups in total. The minimum Gasteiger partial charge on any atom is -0.366 e. The molecule has 0 unspecified atom stereocenters. The first kappa shape index (κ1) is 17.3. The first-order chi connectivity index (χ1) is 13.0. The first-order valence-electron chi connectivity index (χ1n) is 8.56. The van der Waals surface area contributed by atoms with E-state index in [1.807, 2.05) is 4.90 Å². The molecule has 2 aromatic rings. The Kier molecular flexibility index (Phi) is 4.22. The van der Waals surface area contributed by atoms with Crippen LogP contribution in [0.15, 0.2) is 48.2 Å². The van der Waals surface area contributed by atoms with Gasteiger partial charge in [-0.3, -0.25) is 9.59 Å². The van der Waals surface area contributed by atoms with E-state index in [1.165, 1.54) is 30.3 Å². The van der Waals surface area contributed by atoms with Gasteiger partial charge in [-0.1, -0.05) is 12.1 Å². The van der Waals surface area contributed by atoms with Gasteiger partial charge in [0.15, 0.2) is 11.6 Å². The van der Waals surface area contributed by atoms with Gasteiger partial charge in [-0.2, -0.15) is 0 Å². The Hall–Kier alpha value is -3.09. The molecule has 4 nitrogen and oxygen atoms in total. The lowest BCUT2D eigenvalue weighted by molar-refractivity contribution is -0.120. The van der Waals surface area contributed by atoms with Gasteiger partial charge in [0.05, 0.1) is 11.3 Å². The lowest BCUT2D eigenvalue weighted by Gasteiger charge is -2.20. The Bertz CT molecular complexity index is 964. The molecule has 0 spiro atoms. The van der Waals surface area contributed by atoms with E-state index < -0.39 is 29.3 Å². The molecular weight excluding hydrogens is 357 g/mol. The zero-order chi connectivity index (χ0) is 19.1.